The van der Waals surface area contributed by atoms with Crippen molar-refractivity contribution in [2.24, 2.45) is 0 Å². The average molecular weight is 889 g/mol. The zero-order valence-electron chi connectivity index (χ0n) is 33.4. The van der Waals surface area contributed by atoms with Crippen molar-refractivity contribution < 1.29 is 84.2 Å². The van der Waals surface area contributed by atoms with Crippen molar-refractivity contribution in [2.75, 3.05) is 42.7 Å². The number of pyridine rings is 2. The maximum absolute atomic E-state index is 13.8. The summed E-state index contributed by atoms with van der Waals surface area (Å²) in [6.07, 6.45) is -0.971. The van der Waals surface area contributed by atoms with Crippen LogP contribution in [0.4, 0.5) is 26.3 Å². The molecule has 0 spiro atoms. The van der Waals surface area contributed by atoms with Gasteiger partial charge in [0, 0.05) is 75.1 Å². The highest BCUT2D eigenvalue weighted by Crippen LogP contribution is 2.21. The van der Waals surface area contributed by atoms with Crippen molar-refractivity contribution in [3.8, 4) is 11.5 Å². The van der Waals surface area contributed by atoms with Crippen LogP contribution in [0.1, 0.15) is 52.8 Å². The number of hydrogen-bond acceptors (Lipinski definition) is 14. The van der Waals surface area contributed by atoms with E-state index in [0.29, 0.717) is 24.3 Å². The number of benzene rings is 2. The van der Waals surface area contributed by atoms with Gasteiger partial charge in [-0.3, -0.25) is 19.2 Å². The molecule has 0 saturated heterocycles. The van der Waals surface area contributed by atoms with Crippen LogP contribution in [0.15, 0.2) is 46.2 Å². The van der Waals surface area contributed by atoms with Crippen molar-refractivity contribution in [1.82, 2.24) is 19.8 Å². The number of amides is 2. The van der Waals surface area contributed by atoms with Gasteiger partial charge in [-0.25, -0.2) is 35.9 Å². The van der Waals surface area contributed by atoms with E-state index in [4.69, 9.17) is 23.7 Å². The van der Waals surface area contributed by atoms with Gasteiger partial charge in [-0.15, -0.1) is 0 Å². The van der Waals surface area contributed by atoms with E-state index in [1.54, 1.807) is 0 Å². The monoisotopic (exact) mass is 888 g/mol. The molecule has 0 radical (unpaired) electrons. The minimum Gasteiger partial charge on any atom is -0.491 e. The Bertz CT molecular complexity index is 2390. The molecule has 2 aromatic heterocycles. The largest absolute Gasteiger partial charge is 0.491 e. The lowest BCUT2D eigenvalue weighted by molar-refractivity contribution is -0.111. The van der Waals surface area contributed by atoms with Gasteiger partial charge in [0.15, 0.2) is 35.5 Å². The Morgan fingerprint density at radius 3 is 1.23 bits per heavy atom. The van der Waals surface area contributed by atoms with E-state index < -0.39 is 141 Å². The zero-order valence-corrected chi connectivity index (χ0v) is 33.4. The van der Waals surface area contributed by atoms with Gasteiger partial charge in [0.2, 0.25) is 10.9 Å². The van der Waals surface area contributed by atoms with Gasteiger partial charge < -0.3 is 58.4 Å². The number of aliphatic hydroxyl groups is 2. The second-order valence-electron chi connectivity index (χ2n) is 12.2. The Labute approximate surface area is 346 Å². The summed E-state index contributed by atoms with van der Waals surface area (Å²) in [6, 6.07) is 1.77. The van der Waals surface area contributed by atoms with Gasteiger partial charge in [-0.05, 0) is 0 Å². The van der Waals surface area contributed by atoms with Gasteiger partial charge in [0.05, 0.1) is 41.5 Å². The molecule has 0 bridgehead atoms. The smallest absolute Gasteiger partial charge is 0.358 e. The first-order valence-corrected chi connectivity index (χ1v) is 17.3. The first-order valence-electron chi connectivity index (χ1n) is 17.3. The maximum atomic E-state index is 13.8. The highest BCUT2D eigenvalue weighted by Gasteiger charge is 2.29. The third-order valence-corrected chi connectivity index (χ3v) is 8.43. The molecule has 4 aromatic rings. The van der Waals surface area contributed by atoms with Crippen molar-refractivity contribution in [3.63, 3.8) is 0 Å². The maximum Gasteiger partial charge on any atom is 0.358 e. The van der Waals surface area contributed by atoms with Crippen LogP contribution in [0.5, 0.6) is 11.5 Å². The summed E-state index contributed by atoms with van der Waals surface area (Å²) >= 11 is 0. The molecule has 0 saturated carbocycles. The van der Waals surface area contributed by atoms with E-state index >= 15 is 0 Å². The Kier molecular flexibility index (Phi) is 17.8. The summed E-state index contributed by atoms with van der Waals surface area (Å²) < 4.78 is 113. The number of aliphatic hydroxyl groups excluding tert-OH is 1. The number of hydrogen-bond donors (Lipinski definition) is 4. The molecular weight excluding hydrogens is 850 g/mol. The predicted octanol–water partition coefficient (Wildman–Crippen LogP) is 1.91. The van der Waals surface area contributed by atoms with Gasteiger partial charge >= 0.3 is 11.9 Å². The first kappa shape index (κ1) is 49.6. The van der Waals surface area contributed by atoms with Crippen LogP contribution in [-0.2, 0) is 45.1 Å². The number of methoxy groups -OCH3 is 6. The molecular formula is C38H38F6N4O14. The minimum atomic E-state index is -1.97. The molecule has 0 aliphatic heterocycles. The van der Waals surface area contributed by atoms with Crippen LogP contribution >= 0.6 is 0 Å². The molecule has 0 unspecified atom stereocenters. The molecule has 18 nitrogen and oxygen atoms in total. The quantitative estimate of drug-likeness (QED) is 0.0716. The van der Waals surface area contributed by atoms with Crippen LogP contribution in [0.2, 0.25) is 0 Å². The van der Waals surface area contributed by atoms with Crippen LogP contribution in [0.3, 0.4) is 0 Å². The number of halogens is 6. The van der Waals surface area contributed by atoms with Gasteiger partial charge in [0.25, 0.3) is 11.8 Å². The average Bonchev–Trinajstić information content (AvgIpc) is 3.21. The summed E-state index contributed by atoms with van der Waals surface area (Å²) in [6.45, 7) is -2.17. The minimum absolute atomic E-state index is 0.143. The predicted molar refractivity (Wildman–Crippen MR) is 198 cm³/mol. The van der Waals surface area contributed by atoms with Crippen molar-refractivity contribution in [2.45, 2.75) is 38.8 Å². The van der Waals surface area contributed by atoms with Gasteiger partial charge in [0.1, 0.15) is 46.0 Å². The number of esters is 2. The van der Waals surface area contributed by atoms with E-state index in [9.17, 15) is 65.3 Å². The number of aromatic nitrogens is 2. The van der Waals surface area contributed by atoms with Crippen LogP contribution in [0, 0.1) is 34.9 Å². The number of carbonyl (C=O) groups is 4. The molecule has 0 aliphatic rings. The summed E-state index contributed by atoms with van der Waals surface area (Å²) in [5.41, 5.74) is -5.17. The third-order valence-electron chi connectivity index (χ3n) is 8.43. The Hall–Kier alpha value is -6.76. The normalized spacial score (nSPS) is 10.8. The molecule has 2 amide bonds. The fourth-order valence-corrected chi connectivity index (χ4v) is 5.47. The van der Waals surface area contributed by atoms with E-state index in [1.807, 2.05) is 0 Å². The molecule has 0 atom stereocenters. The zero-order chi connectivity index (χ0) is 46.6. The summed E-state index contributed by atoms with van der Waals surface area (Å²) in [5.74, 6) is -12.4. The topological polar surface area (TPSA) is 232 Å². The molecule has 2 heterocycles. The van der Waals surface area contributed by atoms with Crippen LogP contribution < -0.4 is 31.0 Å². The number of nitrogens with one attached hydrogen (secondary N) is 2. The fraction of sp³-hybridized carbons (Fsp3) is 0.316. The molecule has 4 rings (SSSR count). The summed E-state index contributed by atoms with van der Waals surface area (Å²) in [7, 11) is 6.93. The van der Waals surface area contributed by atoms with Crippen molar-refractivity contribution in [1.29, 1.82) is 0 Å². The van der Waals surface area contributed by atoms with Gasteiger partial charge in [-0.2, -0.15) is 0 Å². The fourth-order valence-electron chi connectivity index (χ4n) is 5.47. The van der Waals surface area contributed by atoms with E-state index in [2.05, 4.69) is 15.4 Å². The molecule has 0 aliphatic carbocycles. The molecule has 0 fully saturated rings. The number of rotatable bonds is 16. The molecule has 24 heteroatoms. The number of nitrogens with zero attached hydrogens (tertiary/aromatic N) is 2. The van der Waals surface area contributed by atoms with Crippen LogP contribution in [-0.4, -0.2) is 98.3 Å². The van der Waals surface area contributed by atoms with Crippen LogP contribution in [0.25, 0.3) is 0 Å². The lowest BCUT2D eigenvalue weighted by atomic mass is 10.1. The number of ether oxygens (including phenoxy) is 6. The Morgan fingerprint density at radius 2 is 0.935 bits per heavy atom. The SMILES string of the molecule is COC(=O)c1c(OC)c(=O)c(C(=O)NCc2c(F)cc(F)cc2F)cn1CC(O)O.COC(=O)c1c(OC)c(=O)c(C(=O)NCc2c(F)cc(F)cc2F)cn1CC(OC)OC. The van der Waals surface area contributed by atoms with Gasteiger partial charge in [-0.1, -0.05) is 0 Å². The molecule has 2 aromatic carbocycles. The lowest BCUT2D eigenvalue weighted by Crippen LogP contribution is -2.34. The highest BCUT2D eigenvalue weighted by molar-refractivity contribution is 5.97. The van der Waals surface area contributed by atoms with E-state index in [1.165, 1.54) is 14.2 Å². The highest BCUT2D eigenvalue weighted by atomic mass is 19.2. The second-order valence-corrected chi connectivity index (χ2v) is 12.2. The Balaban J connectivity index is 0.000000331. The summed E-state index contributed by atoms with van der Waals surface area (Å²) in [4.78, 5) is 74.7. The Morgan fingerprint density at radius 1 is 0.597 bits per heavy atom. The molecule has 336 valence electrons. The third kappa shape index (κ3) is 11.7. The standard InChI is InChI=1S/C20H21F3N2O7.C18H17F3N2O7/c1-29-15(30-2)9-25-8-12(17(26)18(31-3)16(25)20(28)32-4)19(27)24-7-11-13(22)5-10(21)6-14(11)23;1-29-16-14(18(28)30-2)23(7-13(24)25)6-10(15(16)26)17(27)22-5-9-11(20)3-8(19)4-12(9)21/h5-6,8,15H,7,9H2,1-4H3,(H,24,27);3-4,6,13,24-25H,5,7H2,1-2H3,(H,22,27). The van der Waals surface area contributed by atoms with E-state index in [0.717, 1.165) is 50.0 Å². The second kappa shape index (κ2) is 22.2. The number of carbonyl (C=O) groups excluding carboxylic acids is 4. The first-order chi connectivity index (χ1) is 29.3. The molecule has 4 N–H and O–H groups in total. The summed E-state index contributed by atoms with van der Waals surface area (Å²) in [5, 5.41) is 22.8. The lowest BCUT2D eigenvalue weighted by Gasteiger charge is -2.20. The van der Waals surface area contributed by atoms with E-state index in [-0.39, 0.29) is 12.2 Å². The molecule has 62 heavy (non-hydrogen) atoms. The van der Waals surface area contributed by atoms with Crippen molar-refractivity contribution in [3.05, 3.63) is 126 Å². The van der Waals surface area contributed by atoms with Crippen molar-refractivity contribution >= 4 is 23.8 Å².